The van der Waals surface area contributed by atoms with Crippen molar-refractivity contribution in [2.75, 3.05) is 81.6 Å². The van der Waals surface area contributed by atoms with E-state index < -0.39 is 324 Å². The fraction of sp³-hybridized carbons (Fsp3) is 0.700. The average molecular weight is 1060 g/mol. The minimum atomic E-state index is -4.69. The van der Waals surface area contributed by atoms with Crippen molar-refractivity contribution in [1.29, 1.82) is 0 Å². The number of nitrogens with zero attached hydrogens (tertiary/aromatic N) is 3. The van der Waals surface area contributed by atoms with Gasteiger partial charge in [-0.2, -0.15) is 0 Å². The first-order chi connectivity index (χ1) is 58.8. The molecule has 0 aliphatic carbocycles. The number of ether oxygens (including phenoxy) is 6. The van der Waals surface area contributed by atoms with Gasteiger partial charge in [-0.05, 0) is 161 Å². The van der Waals surface area contributed by atoms with Crippen LogP contribution in [0.25, 0.3) is 0 Å². The minimum absolute atomic E-state index is 0.232. The van der Waals surface area contributed by atoms with E-state index in [-0.39, 0.29) is 30.6 Å². The molecule has 6 heterocycles. The molecule has 12 nitrogen and oxygen atoms in total. The lowest BCUT2D eigenvalue weighted by molar-refractivity contribution is -0.0259. The Labute approximate surface area is 522 Å². The summed E-state index contributed by atoms with van der Waals surface area (Å²) in [6, 6.07) is -15.0. The quantitative estimate of drug-likeness (QED) is 0.189. The van der Waals surface area contributed by atoms with Gasteiger partial charge in [0, 0.05) is 127 Å². The zero-order valence-corrected chi connectivity index (χ0v) is 39.4. The monoisotopic (exact) mass is 1060 g/mol. The van der Waals surface area contributed by atoms with Gasteiger partial charge in [-0.3, -0.25) is 14.7 Å². The van der Waals surface area contributed by atoms with Crippen LogP contribution in [0, 0.1) is 33.9 Å². The van der Waals surface area contributed by atoms with Crippen LogP contribution in [-0.2, 0) is 19.1 Å². The van der Waals surface area contributed by atoms with Gasteiger partial charge in [0.15, 0.2) is 34.5 Å². The zero-order chi connectivity index (χ0) is 108. The molecule has 12 heteroatoms. The number of benzene rings is 3. The van der Waals surface area contributed by atoms with E-state index in [4.69, 9.17) is 115 Å². The van der Waals surface area contributed by atoms with Crippen LogP contribution in [0.2, 0.25) is 0 Å². The van der Waals surface area contributed by atoms with Crippen LogP contribution in [0.4, 0.5) is 0 Å². The van der Waals surface area contributed by atoms with Crippen molar-refractivity contribution >= 4 is 0 Å². The number of fused-ring (bicyclic) bond motifs is 9. The Morgan fingerprint density at radius 2 is 0.764 bits per heavy atom. The van der Waals surface area contributed by atoms with Crippen molar-refractivity contribution < 1.29 is 130 Å². The fourth-order valence-electron chi connectivity index (χ4n) is 6.89. The molecule has 9 unspecified atom stereocenters. The molecule has 3 fully saturated rings. The number of hydrogen-bond acceptors (Lipinski definition) is 12. The highest BCUT2D eigenvalue weighted by Gasteiger charge is 2.43. The zero-order valence-electron chi connectivity index (χ0n) is 102. The Hall–Kier alpha value is -3.78. The summed E-state index contributed by atoms with van der Waals surface area (Å²) in [6.45, 7) is -48.0. The first-order valence-electron chi connectivity index (χ1n) is 52.2. The fourth-order valence-corrected chi connectivity index (χ4v) is 6.89. The normalized spacial score (nSPS) is 56.5. The van der Waals surface area contributed by atoms with Crippen LogP contribution in [0.1, 0.15) is 238 Å². The first kappa shape index (κ1) is 16.4. The molecule has 402 valence electrons. The minimum Gasteiger partial charge on any atom is -0.493 e. The van der Waals surface area contributed by atoms with Gasteiger partial charge in [-0.1, -0.05) is 61.9 Å². The summed E-state index contributed by atoms with van der Waals surface area (Å²) in [4.78, 5) is -1.21. The van der Waals surface area contributed by atoms with Crippen LogP contribution >= 0.6 is 0 Å². The number of hydrogen-bond donors (Lipinski definition) is 3. The van der Waals surface area contributed by atoms with Crippen molar-refractivity contribution in [1.82, 2.24) is 14.7 Å². The molecule has 0 aromatic heterocycles. The van der Waals surface area contributed by atoms with Crippen molar-refractivity contribution in [3.05, 3.63) is 69.6 Å². The van der Waals surface area contributed by atoms with Gasteiger partial charge in [0.25, 0.3) is 0 Å². The van der Waals surface area contributed by atoms with Gasteiger partial charge in [-0.25, -0.2) is 0 Å². The third-order valence-corrected chi connectivity index (χ3v) is 9.86. The lowest BCUT2D eigenvalue weighted by atomic mass is 9.75. The molecule has 0 saturated carbocycles. The largest absolute Gasteiger partial charge is 0.493 e. The molecule has 72 heavy (non-hydrogen) atoms. The van der Waals surface area contributed by atoms with Crippen molar-refractivity contribution in [2.45, 2.75) is 156 Å². The Morgan fingerprint density at radius 3 is 1.01 bits per heavy atom. The Morgan fingerprint density at radius 1 is 0.500 bits per heavy atom. The van der Waals surface area contributed by atoms with Gasteiger partial charge in [0.2, 0.25) is 0 Å². The predicted molar refractivity (Wildman–Crippen MR) is 287 cm³/mol. The molecule has 9 atom stereocenters. The lowest BCUT2D eigenvalue weighted by Crippen LogP contribution is -2.48. The van der Waals surface area contributed by atoms with Crippen molar-refractivity contribution in [2.24, 2.45) is 33.9 Å². The highest BCUT2D eigenvalue weighted by Crippen LogP contribution is 2.48. The van der Waals surface area contributed by atoms with Gasteiger partial charge >= 0.3 is 0 Å². The molecule has 3 saturated heterocycles. The number of aliphatic hydroxyl groups is 3. The number of rotatable bonds is 9. The molecule has 6 aliphatic rings. The van der Waals surface area contributed by atoms with Crippen LogP contribution in [0.3, 0.4) is 0 Å². The van der Waals surface area contributed by atoms with E-state index in [2.05, 4.69) is 0 Å². The first-order valence-corrected chi connectivity index (χ1v) is 20.7. The highest BCUT2D eigenvalue weighted by atomic mass is 16.5. The summed E-state index contributed by atoms with van der Waals surface area (Å²) < 4.78 is 564. The molecule has 0 amide bonds. The summed E-state index contributed by atoms with van der Waals surface area (Å²) in [5, 5.41) is 34.8. The molecule has 9 rings (SSSR count). The molecular formula is C60H93N3O9. The summed E-state index contributed by atoms with van der Waals surface area (Å²) in [5.74, 6) is -18.4. The van der Waals surface area contributed by atoms with Gasteiger partial charge < -0.3 is 43.7 Å². The van der Waals surface area contributed by atoms with Gasteiger partial charge in [0.1, 0.15) is 0 Å². The highest BCUT2D eigenvalue weighted by molar-refractivity contribution is 5.52. The molecule has 3 aromatic rings. The van der Waals surface area contributed by atoms with E-state index in [1.165, 1.54) is 0 Å². The van der Waals surface area contributed by atoms with Crippen LogP contribution in [-0.4, -0.2) is 130 Å². The van der Waals surface area contributed by atoms with E-state index >= 15 is 0 Å². The maximum atomic E-state index is 11.6. The smallest absolute Gasteiger partial charge is 0.161 e. The second kappa shape index (κ2) is 23.0. The average Bonchev–Trinajstić information content (AvgIpc) is 0.645. The Bertz CT molecular complexity index is 4890. The molecule has 6 aliphatic heterocycles. The molecule has 0 bridgehead atoms. The van der Waals surface area contributed by atoms with E-state index in [0.717, 1.165) is 35.5 Å². The second-order valence-corrected chi connectivity index (χ2v) is 15.9. The summed E-state index contributed by atoms with van der Waals surface area (Å²) >= 11 is 0. The van der Waals surface area contributed by atoms with Gasteiger partial charge in [-0.15, -0.1) is 0 Å². The molecule has 0 radical (unpaired) electrons. The van der Waals surface area contributed by atoms with Crippen LogP contribution in [0.15, 0.2) is 36.3 Å². The third kappa shape index (κ3) is 13.2. The van der Waals surface area contributed by atoms with E-state index in [0.29, 0.717) is 0 Å². The Kier molecular flexibility index (Phi) is 5.23. The number of methoxy groups -OCH3 is 6. The molecular weight excluding hydrogens is 907 g/mol. The van der Waals surface area contributed by atoms with Crippen molar-refractivity contribution in [3.63, 3.8) is 0 Å². The van der Waals surface area contributed by atoms with Crippen molar-refractivity contribution in [3.8, 4) is 34.5 Å². The SMILES string of the molecule is [2H]c1c(OC([2H])([2H])[2H])c(OC)c([2H])c2c1C1N(C([2H])([2H])C2([2H])[2H])C([2H])([2H])C([2H])(C([2H])([2H])C(C)(C([2H])([2H])[2H])C([2H])([2H])[2H])C([2H])(O)C1([2H])[2H].[2H]c1c(OC)c(OC)c([2H])c2c1C1N(C([2H])([2H])C2([2H])[2H])C([2H])([2H])C([2H])(C([2H])([2H])C(C)(C([2H])([2H])[2H])C([2H])([2H])[2H])C([2H])(O)C1([2H])[2H].[2H]c1c(OC)c(OC)c([2H])c2c1C1N(C([2H])([2H])C2([2H])[2H])C([2H])([2H])C([2H])(C([2H])([2H])C(C)(C([2H])([2H])[2H])C([2H])([2H])[2H])C([2H])(O)C1([2H])[2H]. The van der Waals surface area contributed by atoms with Gasteiger partial charge in [0.05, 0.1) is 77.3 Å². The number of piperidine rings is 3. The second-order valence-electron chi connectivity index (χ2n) is 15.9. The maximum Gasteiger partial charge on any atom is 0.161 e. The summed E-state index contributed by atoms with van der Waals surface area (Å²) in [7, 11) is 1.41. The summed E-state index contributed by atoms with van der Waals surface area (Å²) in [6.07, 6.45) is -50.4. The van der Waals surface area contributed by atoms with Crippen LogP contribution in [0.5, 0.6) is 34.5 Å². The molecule has 3 N–H and O–H groups in total. The summed E-state index contributed by atoms with van der Waals surface area (Å²) in [5.41, 5.74) is -18.2. The Balaban J connectivity index is 0.000000276. The maximum absolute atomic E-state index is 11.6. The van der Waals surface area contributed by atoms with E-state index in [1.807, 2.05) is 0 Å². The van der Waals surface area contributed by atoms with E-state index in [9.17, 15) is 15.3 Å². The molecule has 3 aromatic carbocycles. The predicted octanol–water partition coefficient (Wildman–Crippen LogP) is 10.3. The third-order valence-electron chi connectivity index (χ3n) is 9.86. The van der Waals surface area contributed by atoms with Crippen LogP contribution < -0.4 is 28.4 Å². The standard InChI is InChI=1S/3C20H31NO3/c3*1-20(2,3)11-14-12-21-7-6-13-8-18(23-4)19(24-5)9-15(13)16(21)10-17(14)22/h3*8-9,14,16-17,22H,6-7,10-12H2,1-5H3/i1D3,2D3,5D3,6D2,7D2,8D,9D,10D2,11D2,12D2,14D,17D;2*1D3,2D3,6D2,7D2,8D,9D,10D2,11D2,12D2,14D,17D. The topological polar surface area (TPSA) is 126 Å². The molecule has 0 spiro atoms. The lowest BCUT2D eigenvalue weighted by Gasteiger charge is -2.47. The van der Waals surface area contributed by atoms with E-state index in [1.54, 1.807) is 0 Å².